The predicted molar refractivity (Wildman–Crippen MR) is 124 cm³/mol. The first-order chi connectivity index (χ1) is 17.7. The Bertz CT molecular complexity index is 1450. The van der Waals surface area contributed by atoms with Crippen LogP contribution >= 0.6 is 11.6 Å². The van der Waals surface area contributed by atoms with Crippen LogP contribution in [0, 0.1) is 17.5 Å². The molecule has 0 saturated carbocycles. The highest BCUT2D eigenvalue weighted by molar-refractivity contribution is 6.33. The van der Waals surface area contributed by atoms with Gasteiger partial charge in [0.05, 0.1) is 22.6 Å². The molecular weight excluding hydrogens is 546 g/mol. The molecule has 3 heterocycles. The van der Waals surface area contributed by atoms with Crippen LogP contribution in [-0.2, 0) is 0 Å². The van der Waals surface area contributed by atoms with Crippen LogP contribution in [0.25, 0.3) is 16.7 Å². The van der Waals surface area contributed by atoms with Crippen molar-refractivity contribution in [3.05, 3.63) is 62.7 Å². The second kappa shape index (κ2) is 10.1. The molecule has 38 heavy (non-hydrogen) atoms. The first-order valence-electron chi connectivity index (χ1n) is 11.1. The van der Waals surface area contributed by atoms with Gasteiger partial charge in [0.2, 0.25) is 5.43 Å². The number of benzene rings is 1. The molecule has 1 saturated heterocycles. The molecule has 2 aromatic heterocycles. The van der Waals surface area contributed by atoms with E-state index in [-0.39, 0.29) is 23.9 Å². The van der Waals surface area contributed by atoms with Gasteiger partial charge < -0.3 is 20.4 Å². The number of β-amino-alcohol motifs (C(OH)–C–C–N with tert-alkyl or cyclic N) is 2. The average molecular weight is 565 g/mol. The van der Waals surface area contributed by atoms with Gasteiger partial charge >= 0.3 is 6.18 Å². The van der Waals surface area contributed by atoms with Gasteiger partial charge in [-0.05, 0) is 12.5 Å². The molecule has 3 atom stereocenters. The van der Waals surface area contributed by atoms with E-state index in [1.54, 1.807) is 5.32 Å². The van der Waals surface area contributed by atoms with E-state index < -0.39 is 81.9 Å². The molecular formula is C23H19ClF6N4O4. The SMILES string of the molecule is CCC(NC(=O)c1cn(-c2c(F)cc(F)cc2F)c2nc(N3C[C@@H](O)[C@H](O)C3)c(Cl)cc2c1=O)C(F)(F)F. The molecule has 1 amide bonds. The van der Waals surface area contributed by atoms with Crippen molar-refractivity contribution in [3.8, 4) is 5.69 Å². The molecule has 1 aliphatic heterocycles. The molecule has 0 bridgehead atoms. The Kier molecular flexibility index (Phi) is 7.34. The third-order valence-electron chi connectivity index (χ3n) is 6.05. The second-order valence-electron chi connectivity index (χ2n) is 8.64. The summed E-state index contributed by atoms with van der Waals surface area (Å²) >= 11 is 6.27. The van der Waals surface area contributed by atoms with Crippen molar-refractivity contribution in [3.63, 3.8) is 0 Å². The summed E-state index contributed by atoms with van der Waals surface area (Å²) < 4.78 is 83.5. The van der Waals surface area contributed by atoms with E-state index in [9.17, 15) is 46.1 Å². The molecule has 1 fully saturated rings. The number of aliphatic hydroxyl groups is 2. The fourth-order valence-corrected chi connectivity index (χ4v) is 4.40. The molecule has 1 aromatic carbocycles. The fraction of sp³-hybridized carbons (Fsp3) is 0.348. The Morgan fingerprint density at radius 3 is 2.26 bits per heavy atom. The topological polar surface area (TPSA) is 108 Å². The smallest absolute Gasteiger partial charge is 0.389 e. The van der Waals surface area contributed by atoms with Gasteiger partial charge in [0.25, 0.3) is 5.91 Å². The van der Waals surface area contributed by atoms with Crippen LogP contribution in [0.1, 0.15) is 23.7 Å². The zero-order valence-electron chi connectivity index (χ0n) is 19.4. The van der Waals surface area contributed by atoms with Gasteiger partial charge in [-0.1, -0.05) is 18.5 Å². The molecule has 15 heteroatoms. The first-order valence-corrected chi connectivity index (χ1v) is 11.5. The Labute approximate surface area is 215 Å². The minimum Gasteiger partial charge on any atom is -0.389 e. The van der Waals surface area contributed by atoms with E-state index >= 15 is 0 Å². The summed E-state index contributed by atoms with van der Waals surface area (Å²) in [5.41, 5.74) is -3.51. The van der Waals surface area contributed by atoms with Gasteiger partial charge in [0.15, 0.2) is 17.3 Å². The van der Waals surface area contributed by atoms with Crippen LogP contribution in [-0.4, -0.2) is 63.2 Å². The van der Waals surface area contributed by atoms with Crippen molar-refractivity contribution in [1.29, 1.82) is 0 Å². The van der Waals surface area contributed by atoms with Gasteiger partial charge in [0.1, 0.15) is 28.9 Å². The number of anilines is 1. The summed E-state index contributed by atoms with van der Waals surface area (Å²) in [6, 6.07) is -0.687. The zero-order valence-corrected chi connectivity index (χ0v) is 20.1. The van der Waals surface area contributed by atoms with E-state index in [2.05, 4.69) is 4.98 Å². The Balaban J connectivity index is 1.99. The van der Waals surface area contributed by atoms with E-state index in [1.165, 1.54) is 4.90 Å². The van der Waals surface area contributed by atoms with E-state index in [4.69, 9.17) is 11.6 Å². The number of amides is 1. The summed E-state index contributed by atoms with van der Waals surface area (Å²) in [6.07, 6.45) is -7.17. The van der Waals surface area contributed by atoms with Crippen molar-refractivity contribution in [2.75, 3.05) is 18.0 Å². The zero-order chi connectivity index (χ0) is 28.1. The molecule has 1 aliphatic rings. The first kappa shape index (κ1) is 27.7. The number of nitrogens with zero attached hydrogens (tertiary/aromatic N) is 3. The van der Waals surface area contributed by atoms with Crippen LogP contribution in [0.5, 0.6) is 0 Å². The number of aliphatic hydroxyl groups excluding tert-OH is 2. The number of alkyl halides is 3. The van der Waals surface area contributed by atoms with Gasteiger partial charge in [-0.15, -0.1) is 0 Å². The monoisotopic (exact) mass is 564 g/mol. The van der Waals surface area contributed by atoms with Crippen molar-refractivity contribution < 1.29 is 41.4 Å². The number of carbonyl (C=O) groups is 1. The van der Waals surface area contributed by atoms with Crippen LogP contribution in [0.2, 0.25) is 5.02 Å². The molecule has 0 aliphatic carbocycles. The van der Waals surface area contributed by atoms with Crippen LogP contribution < -0.4 is 15.6 Å². The van der Waals surface area contributed by atoms with Crippen molar-refractivity contribution >= 4 is 34.4 Å². The maximum Gasteiger partial charge on any atom is 0.408 e. The highest BCUT2D eigenvalue weighted by Crippen LogP contribution is 2.32. The summed E-state index contributed by atoms with van der Waals surface area (Å²) in [5, 5.41) is 20.7. The minimum atomic E-state index is -4.85. The number of fused-ring (bicyclic) bond motifs is 1. The molecule has 3 aromatic rings. The van der Waals surface area contributed by atoms with Gasteiger partial charge in [0, 0.05) is 31.4 Å². The van der Waals surface area contributed by atoms with E-state index in [0.717, 1.165) is 13.0 Å². The van der Waals surface area contributed by atoms with Gasteiger partial charge in [-0.25, -0.2) is 18.2 Å². The fourth-order valence-electron chi connectivity index (χ4n) is 4.13. The third kappa shape index (κ3) is 5.02. The lowest BCUT2D eigenvalue weighted by molar-refractivity contribution is -0.153. The Hall–Kier alpha value is -3.36. The lowest BCUT2D eigenvalue weighted by Crippen LogP contribution is -2.46. The van der Waals surface area contributed by atoms with Gasteiger partial charge in [-0.2, -0.15) is 13.2 Å². The number of rotatable bonds is 5. The number of aromatic nitrogens is 2. The lowest BCUT2D eigenvalue weighted by atomic mass is 10.1. The highest BCUT2D eigenvalue weighted by Gasteiger charge is 2.40. The van der Waals surface area contributed by atoms with Gasteiger partial charge in [-0.3, -0.25) is 14.2 Å². The lowest BCUT2D eigenvalue weighted by Gasteiger charge is -2.22. The van der Waals surface area contributed by atoms with Crippen LogP contribution in [0.15, 0.2) is 29.2 Å². The standard InChI is InChI=1S/C23H19ClF6N4O4/c1-2-17(23(28,29)30)31-22(38)11-6-34(18-13(26)3-9(25)4-14(18)27)20-10(19(11)37)5-12(24)21(32-20)33-7-15(35)16(36)8-33/h3-6,15-17,35-36H,2,7-8H2,1H3,(H,31,38)/t15-,16-,17?/m1/s1. The van der Waals surface area contributed by atoms with E-state index in [0.29, 0.717) is 22.9 Å². The number of carbonyl (C=O) groups excluding carboxylic acids is 1. The predicted octanol–water partition coefficient (Wildman–Crippen LogP) is 3.07. The largest absolute Gasteiger partial charge is 0.408 e. The molecule has 0 radical (unpaired) electrons. The Morgan fingerprint density at radius 2 is 1.74 bits per heavy atom. The van der Waals surface area contributed by atoms with Crippen molar-refractivity contribution in [2.24, 2.45) is 0 Å². The number of halogens is 7. The number of pyridine rings is 2. The summed E-state index contributed by atoms with van der Waals surface area (Å²) in [5.74, 6) is -5.80. The third-order valence-corrected chi connectivity index (χ3v) is 6.33. The maximum atomic E-state index is 14.8. The summed E-state index contributed by atoms with van der Waals surface area (Å²) in [7, 11) is 0. The molecule has 204 valence electrons. The second-order valence-corrected chi connectivity index (χ2v) is 9.05. The molecule has 0 spiro atoms. The number of hydrogen-bond acceptors (Lipinski definition) is 6. The minimum absolute atomic E-state index is 0.105. The molecule has 8 nitrogen and oxygen atoms in total. The number of nitrogens with one attached hydrogen (secondary N) is 1. The number of hydrogen-bond donors (Lipinski definition) is 3. The van der Waals surface area contributed by atoms with Crippen LogP contribution in [0.4, 0.5) is 32.2 Å². The van der Waals surface area contributed by atoms with Crippen molar-refractivity contribution in [1.82, 2.24) is 14.9 Å². The average Bonchev–Trinajstić information content (AvgIpc) is 3.14. The highest BCUT2D eigenvalue weighted by atomic mass is 35.5. The van der Waals surface area contributed by atoms with E-state index in [1.807, 2.05) is 0 Å². The summed E-state index contributed by atoms with van der Waals surface area (Å²) in [4.78, 5) is 31.5. The Morgan fingerprint density at radius 1 is 1.16 bits per heavy atom. The molecule has 3 N–H and O–H groups in total. The van der Waals surface area contributed by atoms with Crippen LogP contribution in [0.3, 0.4) is 0 Å². The normalized spacial score (nSPS) is 18.7. The quantitative estimate of drug-likeness (QED) is 0.411. The maximum absolute atomic E-state index is 14.8. The molecule has 4 rings (SSSR count). The van der Waals surface area contributed by atoms with Crippen molar-refractivity contribution in [2.45, 2.75) is 37.8 Å². The molecule has 1 unspecified atom stereocenters. The summed E-state index contributed by atoms with van der Waals surface area (Å²) in [6.45, 7) is 0.871.